The molecule has 2 rings (SSSR count). The van der Waals surface area contributed by atoms with Crippen LogP contribution in [0, 0.1) is 5.82 Å². The van der Waals surface area contributed by atoms with Crippen LogP contribution < -0.4 is 5.32 Å². The van der Waals surface area contributed by atoms with Crippen molar-refractivity contribution in [2.45, 2.75) is 20.0 Å². The normalized spacial score (nSPS) is 10.8. The summed E-state index contributed by atoms with van der Waals surface area (Å²) in [6.45, 7) is 3.91. The van der Waals surface area contributed by atoms with Crippen LogP contribution in [0.5, 0.6) is 0 Å². The molecule has 0 spiro atoms. The molecule has 18 heavy (non-hydrogen) atoms. The number of aromatic nitrogens is 4. The molecule has 0 bridgehead atoms. The first-order valence-corrected chi connectivity index (χ1v) is 5.98. The molecule has 1 aromatic heterocycles. The van der Waals surface area contributed by atoms with Crippen molar-refractivity contribution in [1.29, 1.82) is 0 Å². The average molecular weight is 270 g/mol. The van der Waals surface area contributed by atoms with Crippen LogP contribution in [0.2, 0.25) is 5.02 Å². The minimum atomic E-state index is -0.426. The third-order valence-corrected chi connectivity index (χ3v) is 2.75. The van der Waals surface area contributed by atoms with Crippen LogP contribution in [0.15, 0.2) is 18.2 Å². The van der Waals surface area contributed by atoms with Gasteiger partial charge in [0.2, 0.25) is 0 Å². The molecule has 0 radical (unpaired) electrons. The fourth-order valence-electron chi connectivity index (χ4n) is 1.52. The molecule has 0 saturated carbocycles. The number of hydrogen-bond acceptors (Lipinski definition) is 4. The van der Waals surface area contributed by atoms with Crippen LogP contribution in [0.3, 0.4) is 0 Å². The number of rotatable bonds is 5. The van der Waals surface area contributed by atoms with E-state index in [9.17, 15) is 4.39 Å². The number of halogens is 2. The Morgan fingerprint density at radius 2 is 2.28 bits per heavy atom. The monoisotopic (exact) mass is 269 g/mol. The summed E-state index contributed by atoms with van der Waals surface area (Å²) in [4.78, 5) is 0. The van der Waals surface area contributed by atoms with E-state index in [1.54, 1.807) is 16.8 Å². The van der Waals surface area contributed by atoms with E-state index in [-0.39, 0.29) is 5.02 Å². The van der Waals surface area contributed by atoms with Gasteiger partial charge in [-0.2, -0.15) is 0 Å². The summed E-state index contributed by atoms with van der Waals surface area (Å²) < 4.78 is 14.7. The second-order valence-corrected chi connectivity index (χ2v) is 4.19. The maximum Gasteiger partial charge on any atom is 0.165 e. The molecular weight excluding hydrogens is 257 g/mol. The SMILES string of the molecule is CCNCc1nnnn1Cc1ccc(F)c(Cl)c1. The van der Waals surface area contributed by atoms with Crippen molar-refractivity contribution in [3.8, 4) is 0 Å². The van der Waals surface area contributed by atoms with E-state index in [0.717, 1.165) is 17.9 Å². The summed E-state index contributed by atoms with van der Waals surface area (Å²) in [7, 11) is 0. The molecule has 0 unspecified atom stereocenters. The van der Waals surface area contributed by atoms with Crippen LogP contribution in [0.1, 0.15) is 18.3 Å². The van der Waals surface area contributed by atoms with Gasteiger partial charge in [0.15, 0.2) is 5.82 Å². The highest BCUT2D eigenvalue weighted by atomic mass is 35.5. The third kappa shape index (κ3) is 3.02. The molecule has 2 aromatic rings. The Kier molecular flexibility index (Phi) is 4.22. The maximum atomic E-state index is 13.0. The summed E-state index contributed by atoms with van der Waals surface area (Å²) in [6.07, 6.45) is 0. The van der Waals surface area contributed by atoms with Gasteiger partial charge < -0.3 is 5.32 Å². The van der Waals surface area contributed by atoms with Gasteiger partial charge in [-0.1, -0.05) is 24.6 Å². The first kappa shape index (κ1) is 12.9. The molecule has 0 atom stereocenters. The predicted octanol–water partition coefficient (Wildman–Crippen LogP) is 1.62. The van der Waals surface area contributed by atoms with E-state index in [1.807, 2.05) is 6.92 Å². The number of nitrogens with one attached hydrogen (secondary N) is 1. The fraction of sp³-hybridized carbons (Fsp3) is 0.364. The van der Waals surface area contributed by atoms with Gasteiger partial charge in [0.05, 0.1) is 18.1 Å². The Hall–Kier alpha value is -1.53. The molecule has 0 saturated heterocycles. The highest BCUT2D eigenvalue weighted by Gasteiger charge is 2.07. The van der Waals surface area contributed by atoms with Crippen molar-refractivity contribution in [2.75, 3.05) is 6.54 Å². The van der Waals surface area contributed by atoms with E-state index in [0.29, 0.717) is 13.1 Å². The van der Waals surface area contributed by atoms with Crippen molar-refractivity contribution in [2.24, 2.45) is 0 Å². The fourth-order valence-corrected chi connectivity index (χ4v) is 1.72. The van der Waals surface area contributed by atoms with Crippen LogP contribution in [-0.4, -0.2) is 26.8 Å². The lowest BCUT2D eigenvalue weighted by atomic mass is 10.2. The van der Waals surface area contributed by atoms with Crippen molar-refractivity contribution < 1.29 is 4.39 Å². The molecule has 5 nitrogen and oxygen atoms in total. The van der Waals surface area contributed by atoms with Gasteiger partial charge in [0.1, 0.15) is 5.82 Å². The molecule has 0 aliphatic carbocycles. The molecule has 96 valence electrons. The second kappa shape index (κ2) is 5.88. The van der Waals surface area contributed by atoms with Crippen molar-refractivity contribution in [3.05, 3.63) is 40.4 Å². The average Bonchev–Trinajstić information content (AvgIpc) is 2.79. The molecule has 0 aliphatic heterocycles. The van der Waals surface area contributed by atoms with Gasteiger partial charge in [-0.25, -0.2) is 9.07 Å². The lowest BCUT2D eigenvalue weighted by Crippen LogP contribution is -2.17. The highest BCUT2D eigenvalue weighted by molar-refractivity contribution is 6.30. The second-order valence-electron chi connectivity index (χ2n) is 3.78. The summed E-state index contributed by atoms with van der Waals surface area (Å²) in [5, 5.41) is 14.7. The molecular formula is C11H13ClFN5. The van der Waals surface area contributed by atoms with Gasteiger partial charge in [-0.3, -0.25) is 0 Å². The summed E-state index contributed by atoms with van der Waals surface area (Å²) >= 11 is 5.73. The minimum absolute atomic E-state index is 0.105. The van der Waals surface area contributed by atoms with Crippen LogP contribution >= 0.6 is 11.6 Å². The topological polar surface area (TPSA) is 55.6 Å². The van der Waals surface area contributed by atoms with Gasteiger partial charge in [0.25, 0.3) is 0 Å². The van der Waals surface area contributed by atoms with Crippen LogP contribution in [-0.2, 0) is 13.1 Å². The van der Waals surface area contributed by atoms with E-state index in [1.165, 1.54) is 6.07 Å². The van der Waals surface area contributed by atoms with Crippen LogP contribution in [0.4, 0.5) is 4.39 Å². The van der Waals surface area contributed by atoms with Crippen molar-refractivity contribution >= 4 is 11.6 Å². The third-order valence-electron chi connectivity index (χ3n) is 2.46. The summed E-state index contributed by atoms with van der Waals surface area (Å²) in [6, 6.07) is 4.58. The lowest BCUT2D eigenvalue weighted by Gasteiger charge is -2.05. The summed E-state index contributed by atoms with van der Waals surface area (Å²) in [5.41, 5.74) is 0.853. The first-order valence-electron chi connectivity index (χ1n) is 5.60. The zero-order chi connectivity index (χ0) is 13.0. The zero-order valence-corrected chi connectivity index (χ0v) is 10.7. The van der Waals surface area contributed by atoms with Crippen molar-refractivity contribution in [3.63, 3.8) is 0 Å². The Morgan fingerprint density at radius 1 is 1.44 bits per heavy atom. The van der Waals surface area contributed by atoms with E-state index in [2.05, 4.69) is 20.8 Å². The van der Waals surface area contributed by atoms with E-state index >= 15 is 0 Å². The standard InChI is InChI=1S/C11H13ClFN5/c1-2-14-6-11-15-16-17-18(11)7-8-3-4-10(13)9(12)5-8/h3-5,14H,2,6-7H2,1H3. The van der Waals surface area contributed by atoms with E-state index in [4.69, 9.17) is 11.6 Å². The van der Waals surface area contributed by atoms with Gasteiger partial charge in [-0.15, -0.1) is 5.10 Å². The smallest absolute Gasteiger partial charge is 0.165 e. The quantitative estimate of drug-likeness (QED) is 0.896. The van der Waals surface area contributed by atoms with Gasteiger partial charge in [0, 0.05) is 0 Å². The Bertz CT molecular complexity index is 528. The highest BCUT2D eigenvalue weighted by Crippen LogP contribution is 2.16. The number of benzene rings is 1. The largest absolute Gasteiger partial charge is 0.310 e. The maximum absolute atomic E-state index is 13.0. The molecule has 0 aliphatic rings. The molecule has 1 aromatic carbocycles. The predicted molar refractivity (Wildman–Crippen MR) is 65.7 cm³/mol. The van der Waals surface area contributed by atoms with E-state index < -0.39 is 5.82 Å². The zero-order valence-electron chi connectivity index (χ0n) is 9.90. The van der Waals surface area contributed by atoms with Crippen molar-refractivity contribution in [1.82, 2.24) is 25.5 Å². The Labute approximate surface area is 109 Å². The minimum Gasteiger partial charge on any atom is -0.310 e. The molecule has 1 N–H and O–H groups in total. The molecule has 7 heteroatoms. The van der Waals surface area contributed by atoms with Crippen LogP contribution in [0.25, 0.3) is 0 Å². The first-order chi connectivity index (χ1) is 8.70. The number of hydrogen-bond donors (Lipinski definition) is 1. The summed E-state index contributed by atoms with van der Waals surface area (Å²) in [5.74, 6) is 0.308. The Morgan fingerprint density at radius 3 is 3.00 bits per heavy atom. The Balaban J connectivity index is 2.13. The molecule has 0 fully saturated rings. The molecule has 0 amide bonds. The lowest BCUT2D eigenvalue weighted by molar-refractivity contribution is 0.585. The number of nitrogens with zero attached hydrogens (tertiary/aromatic N) is 4. The molecule has 1 heterocycles. The number of tetrazole rings is 1. The van der Waals surface area contributed by atoms with Gasteiger partial charge in [-0.05, 0) is 34.7 Å². The van der Waals surface area contributed by atoms with Gasteiger partial charge >= 0.3 is 0 Å².